The summed E-state index contributed by atoms with van der Waals surface area (Å²) in [6.45, 7) is 0.570. The lowest BCUT2D eigenvalue weighted by Gasteiger charge is -2.36. The highest BCUT2D eigenvalue weighted by Crippen LogP contribution is 2.32. The van der Waals surface area contributed by atoms with E-state index in [-0.39, 0.29) is 0 Å². The highest BCUT2D eigenvalue weighted by Gasteiger charge is 2.34. The van der Waals surface area contributed by atoms with Gasteiger partial charge in [0.1, 0.15) is 5.82 Å². The van der Waals surface area contributed by atoms with E-state index in [0.717, 1.165) is 34.0 Å². The fourth-order valence-corrected chi connectivity index (χ4v) is 2.68. The lowest BCUT2D eigenvalue weighted by Crippen LogP contribution is -2.43. The van der Waals surface area contributed by atoms with Crippen molar-refractivity contribution >= 4 is 37.7 Å². The molecule has 2 N–H and O–H groups in total. The SMILES string of the molecule is OC1(CNc2ncc(Br)cc2Br)CCC1. The number of hydrogen-bond donors (Lipinski definition) is 2. The maximum Gasteiger partial charge on any atom is 0.140 e. The first-order valence-corrected chi connectivity index (χ1v) is 6.45. The summed E-state index contributed by atoms with van der Waals surface area (Å²) in [5, 5.41) is 13.1. The van der Waals surface area contributed by atoms with Crippen molar-refractivity contribution in [3.63, 3.8) is 0 Å². The summed E-state index contributed by atoms with van der Waals surface area (Å²) in [5.74, 6) is 0.776. The van der Waals surface area contributed by atoms with Gasteiger partial charge in [-0.3, -0.25) is 0 Å². The number of nitrogens with zero attached hydrogens (tertiary/aromatic N) is 1. The molecule has 0 bridgehead atoms. The maximum absolute atomic E-state index is 9.90. The van der Waals surface area contributed by atoms with E-state index in [2.05, 4.69) is 42.2 Å². The van der Waals surface area contributed by atoms with Gasteiger partial charge in [0.2, 0.25) is 0 Å². The first-order valence-electron chi connectivity index (χ1n) is 4.86. The molecule has 0 radical (unpaired) electrons. The minimum absolute atomic E-state index is 0.520. The van der Waals surface area contributed by atoms with Gasteiger partial charge in [0, 0.05) is 17.2 Å². The Labute approximate surface area is 106 Å². The van der Waals surface area contributed by atoms with E-state index in [0.29, 0.717) is 6.54 Å². The van der Waals surface area contributed by atoms with Crippen LogP contribution in [0.1, 0.15) is 19.3 Å². The number of aromatic nitrogens is 1. The second-order valence-electron chi connectivity index (χ2n) is 3.92. The van der Waals surface area contributed by atoms with Crippen molar-refractivity contribution in [1.82, 2.24) is 4.98 Å². The molecule has 15 heavy (non-hydrogen) atoms. The first-order chi connectivity index (χ1) is 7.09. The van der Waals surface area contributed by atoms with Crippen molar-refractivity contribution in [2.24, 2.45) is 0 Å². The van der Waals surface area contributed by atoms with Gasteiger partial charge in [-0.05, 0) is 57.2 Å². The van der Waals surface area contributed by atoms with Crippen LogP contribution in [0.4, 0.5) is 5.82 Å². The molecule has 0 atom stereocenters. The zero-order valence-electron chi connectivity index (χ0n) is 8.13. The van der Waals surface area contributed by atoms with Gasteiger partial charge in [0.15, 0.2) is 0 Å². The van der Waals surface area contributed by atoms with Crippen LogP contribution >= 0.6 is 31.9 Å². The Morgan fingerprint density at radius 3 is 2.73 bits per heavy atom. The molecule has 1 heterocycles. The van der Waals surface area contributed by atoms with Gasteiger partial charge in [-0.25, -0.2) is 4.98 Å². The van der Waals surface area contributed by atoms with E-state index in [4.69, 9.17) is 0 Å². The number of anilines is 1. The van der Waals surface area contributed by atoms with Crippen molar-refractivity contribution in [3.05, 3.63) is 21.2 Å². The molecule has 82 valence electrons. The normalized spacial score (nSPS) is 18.3. The van der Waals surface area contributed by atoms with Crippen LogP contribution in [0.3, 0.4) is 0 Å². The summed E-state index contributed by atoms with van der Waals surface area (Å²) in [6.07, 6.45) is 4.62. The van der Waals surface area contributed by atoms with Gasteiger partial charge in [0.05, 0.1) is 10.1 Å². The Morgan fingerprint density at radius 2 is 2.20 bits per heavy atom. The van der Waals surface area contributed by atoms with Crippen LogP contribution in [0, 0.1) is 0 Å². The van der Waals surface area contributed by atoms with Crippen molar-refractivity contribution in [3.8, 4) is 0 Å². The van der Waals surface area contributed by atoms with Crippen LogP contribution in [0.5, 0.6) is 0 Å². The van der Waals surface area contributed by atoms with Crippen molar-refractivity contribution < 1.29 is 5.11 Å². The van der Waals surface area contributed by atoms with Gasteiger partial charge >= 0.3 is 0 Å². The zero-order valence-corrected chi connectivity index (χ0v) is 11.3. The van der Waals surface area contributed by atoms with E-state index >= 15 is 0 Å². The summed E-state index contributed by atoms with van der Waals surface area (Å²) in [6, 6.07) is 1.93. The molecule has 1 aliphatic carbocycles. The smallest absolute Gasteiger partial charge is 0.140 e. The third-order valence-electron chi connectivity index (χ3n) is 2.68. The van der Waals surface area contributed by atoms with Gasteiger partial charge in [-0.2, -0.15) is 0 Å². The molecule has 0 aromatic carbocycles. The number of halogens is 2. The number of nitrogens with one attached hydrogen (secondary N) is 1. The van der Waals surface area contributed by atoms with E-state index in [1.807, 2.05) is 6.07 Å². The molecular weight excluding hydrogens is 324 g/mol. The standard InChI is InChI=1S/C10H12Br2N2O/c11-7-4-8(12)9(13-5-7)14-6-10(15)2-1-3-10/h4-5,15H,1-3,6H2,(H,13,14). The number of rotatable bonds is 3. The van der Waals surface area contributed by atoms with E-state index in [1.54, 1.807) is 6.20 Å². The second-order valence-corrected chi connectivity index (χ2v) is 5.69. The predicted molar refractivity (Wildman–Crippen MR) is 66.9 cm³/mol. The summed E-state index contributed by atoms with van der Waals surface area (Å²) < 4.78 is 1.84. The third-order valence-corrected chi connectivity index (χ3v) is 3.72. The average molecular weight is 336 g/mol. The van der Waals surface area contributed by atoms with Gasteiger partial charge in [-0.1, -0.05) is 0 Å². The fraction of sp³-hybridized carbons (Fsp3) is 0.500. The average Bonchev–Trinajstić information content (AvgIpc) is 2.14. The topological polar surface area (TPSA) is 45.1 Å². The van der Waals surface area contributed by atoms with Crippen molar-refractivity contribution in [2.45, 2.75) is 24.9 Å². The zero-order chi connectivity index (χ0) is 10.9. The van der Waals surface area contributed by atoms with Crippen LogP contribution in [0.25, 0.3) is 0 Å². The molecule has 0 spiro atoms. The van der Waals surface area contributed by atoms with Crippen molar-refractivity contribution in [2.75, 3.05) is 11.9 Å². The third kappa shape index (κ3) is 2.71. The summed E-state index contributed by atoms with van der Waals surface area (Å²) in [4.78, 5) is 4.22. The van der Waals surface area contributed by atoms with Crippen LogP contribution in [0.15, 0.2) is 21.2 Å². The molecule has 2 rings (SSSR count). The first kappa shape index (κ1) is 11.4. The molecule has 5 heteroatoms. The minimum Gasteiger partial charge on any atom is -0.388 e. The van der Waals surface area contributed by atoms with Crippen molar-refractivity contribution in [1.29, 1.82) is 0 Å². The number of pyridine rings is 1. The van der Waals surface area contributed by atoms with Gasteiger partial charge < -0.3 is 10.4 Å². The Morgan fingerprint density at radius 1 is 1.47 bits per heavy atom. The molecule has 1 aliphatic rings. The quantitative estimate of drug-likeness (QED) is 0.892. The predicted octanol–water partition coefficient (Wildman–Crippen LogP) is 2.93. The van der Waals surface area contributed by atoms with E-state index in [9.17, 15) is 5.11 Å². The summed E-state index contributed by atoms with van der Waals surface area (Å²) in [5.41, 5.74) is -0.520. The molecule has 1 aromatic heterocycles. The fourth-order valence-electron chi connectivity index (χ4n) is 1.55. The lowest BCUT2D eigenvalue weighted by molar-refractivity contribution is -0.0202. The van der Waals surface area contributed by atoms with Crippen LogP contribution in [-0.4, -0.2) is 22.2 Å². The molecule has 3 nitrogen and oxygen atoms in total. The van der Waals surface area contributed by atoms with Gasteiger partial charge in [-0.15, -0.1) is 0 Å². The van der Waals surface area contributed by atoms with E-state index < -0.39 is 5.60 Å². The molecule has 0 amide bonds. The molecule has 0 saturated heterocycles. The highest BCUT2D eigenvalue weighted by molar-refractivity contribution is 9.11. The molecule has 1 saturated carbocycles. The summed E-state index contributed by atoms with van der Waals surface area (Å²) >= 11 is 6.76. The Bertz CT molecular complexity index is 366. The molecule has 1 aromatic rings. The Kier molecular flexibility index (Phi) is 3.33. The second kappa shape index (κ2) is 4.39. The van der Waals surface area contributed by atoms with Crippen LogP contribution in [-0.2, 0) is 0 Å². The van der Waals surface area contributed by atoms with Crippen LogP contribution in [0.2, 0.25) is 0 Å². The minimum atomic E-state index is -0.520. The maximum atomic E-state index is 9.90. The monoisotopic (exact) mass is 334 g/mol. The Hall–Kier alpha value is -0.130. The van der Waals surface area contributed by atoms with Gasteiger partial charge in [0.25, 0.3) is 0 Å². The summed E-state index contributed by atoms with van der Waals surface area (Å²) in [7, 11) is 0. The largest absolute Gasteiger partial charge is 0.388 e. The van der Waals surface area contributed by atoms with Crippen LogP contribution < -0.4 is 5.32 Å². The number of aliphatic hydroxyl groups is 1. The molecule has 1 fully saturated rings. The highest BCUT2D eigenvalue weighted by atomic mass is 79.9. The molecular formula is C10H12Br2N2O. The lowest BCUT2D eigenvalue weighted by atomic mass is 9.80. The molecule has 0 aliphatic heterocycles. The molecule has 0 unspecified atom stereocenters. The Balaban J connectivity index is 1.98. The number of hydrogen-bond acceptors (Lipinski definition) is 3. The van der Waals surface area contributed by atoms with E-state index in [1.165, 1.54) is 0 Å².